The van der Waals surface area contributed by atoms with Crippen LogP contribution < -0.4 is 5.32 Å². The number of hydrogen-bond acceptors (Lipinski definition) is 6. The topological polar surface area (TPSA) is 113 Å². The first-order valence-corrected chi connectivity index (χ1v) is 8.99. The number of anilines is 1. The van der Waals surface area contributed by atoms with Gasteiger partial charge in [-0.3, -0.25) is 14.5 Å². The Kier molecular flexibility index (Phi) is 5.50. The highest BCUT2D eigenvalue weighted by atomic mass is 16.4. The number of rotatable bonds is 5. The number of hydrogen-bond donors (Lipinski definition) is 2. The zero-order valence-electron chi connectivity index (χ0n) is 15.8. The number of carboxylic acids is 1. The average Bonchev–Trinajstić information content (AvgIpc) is 2.94. The first-order chi connectivity index (χ1) is 12.8. The molecule has 1 fully saturated rings. The van der Waals surface area contributed by atoms with Crippen LogP contribution in [0, 0.1) is 20.8 Å². The van der Waals surface area contributed by atoms with Gasteiger partial charge in [0.15, 0.2) is 0 Å². The highest BCUT2D eigenvalue weighted by Gasteiger charge is 2.29. The van der Waals surface area contributed by atoms with E-state index in [9.17, 15) is 14.7 Å². The smallest absolute Gasteiger partial charge is 0.320 e. The molecule has 1 saturated heterocycles. The molecule has 2 aromatic rings. The number of aliphatic carboxylic acids is 1. The summed E-state index contributed by atoms with van der Waals surface area (Å²) in [6.45, 7) is 6.18. The van der Waals surface area contributed by atoms with Crippen LogP contribution in [-0.4, -0.2) is 60.8 Å². The van der Waals surface area contributed by atoms with Gasteiger partial charge in [0.2, 0.25) is 5.91 Å². The minimum absolute atomic E-state index is 0.0227. The minimum atomic E-state index is -0.882. The summed E-state index contributed by atoms with van der Waals surface area (Å²) in [5, 5.41) is 16.6. The molecule has 9 heteroatoms. The molecule has 0 bridgehead atoms. The van der Waals surface area contributed by atoms with Gasteiger partial charge < -0.3 is 10.4 Å². The van der Waals surface area contributed by atoms with E-state index in [1.807, 2.05) is 26.8 Å². The molecule has 27 heavy (non-hydrogen) atoms. The second kappa shape index (κ2) is 7.83. The quantitative estimate of drug-likeness (QED) is 0.817. The van der Waals surface area contributed by atoms with Crippen LogP contribution in [0.4, 0.5) is 5.82 Å². The van der Waals surface area contributed by atoms with E-state index < -0.39 is 12.0 Å². The number of piperidine rings is 1. The molecule has 3 rings (SSSR count). The van der Waals surface area contributed by atoms with Gasteiger partial charge in [0.25, 0.3) is 5.95 Å². The molecule has 0 radical (unpaired) electrons. The molecule has 2 N–H and O–H groups in total. The van der Waals surface area contributed by atoms with Gasteiger partial charge in [-0.05, 0) is 46.2 Å². The van der Waals surface area contributed by atoms with Crippen molar-refractivity contribution in [2.45, 2.75) is 46.1 Å². The van der Waals surface area contributed by atoms with E-state index in [4.69, 9.17) is 0 Å². The summed E-state index contributed by atoms with van der Waals surface area (Å²) < 4.78 is 1.50. The van der Waals surface area contributed by atoms with Crippen molar-refractivity contribution in [3.63, 3.8) is 0 Å². The predicted molar refractivity (Wildman–Crippen MR) is 98.8 cm³/mol. The molecule has 0 spiro atoms. The van der Waals surface area contributed by atoms with Crippen LogP contribution in [0.25, 0.3) is 5.95 Å². The number of carboxylic acid groups (broad SMARTS) is 1. The summed E-state index contributed by atoms with van der Waals surface area (Å²) in [5.41, 5.74) is 2.33. The molecule has 0 saturated carbocycles. The molecule has 1 amide bonds. The number of amides is 1. The number of carbonyl (C=O) groups is 2. The van der Waals surface area contributed by atoms with Gasteiger partial charge in [0.05, 0.1) is 12.2 Å². The van der Waals surface area contributed by atoms with E-state index in [-0.39, 0.29) is 12.5 Å². The van der Waals surface area contributed by atoms with Crippen LogP contribution in [0.2, 0.25) is 0 Å². The maximum Gasteiger partial charge on any atom is 0.320 e. The van der Waals surface area contributed by atoms with Crippen molar-refractivity contribution in [3.8, 4) is 5.95 Å². The van der Waals surface area contributed by atoms with E-state index in [1.54, 1.807) is 11.0 Å². The zero-order valence-corrected chi connectivity index (χ0v) is 15.8. The Hall–Kier alpha value is -2.81. The number of likely N-dealkylation sites (tertiary alicyclic amines) is 1. The standard InChI is InChI=1S/C18H24N6O3/c1-11-8-12(2)20-18(19-11)24-15(9-13(3)22-24)21-16(25)10-23-7-5-4-6-14(23)17(26)27/h8-9,14H,4-7,10H2,1-3H3,(H,21,25)(H,26,27). The van der Waals surface area contributed by atoms with Crippen LogP contribution in [-0.2, 0) is 9.59 Å². The van der Waals surface area contributed by atoms with Gasteiger partial charge in [0.1, 0.15) is 11.9 Å². The maximum atomic E-state index is 12.5. The van der Waals surface area contributed by atoms with Crippen molar-refractivity contribution in [1.82, 2.24) is 24.6 Å². The Morgan fingerprint density at radius 2 is 1.85 bits per heavy atom. The molecule has 144 valence electrons. The van der Waals surface area contributed by atoms with E-state index in [2.05, 4.69) is 20.4 Å². The Balaban J connectivity index is 1.77. The SMILES string of the molecule is Cc1cc(C)nc(-n2nc(C)cc2NC(=O)CN2CCCCC2C(=O)O)n1. The van der Waals surface area contributed by atoms with Gasteiger partial charge in [-0.1, -0.05) is 6.42 Å². The van der Waals surface area contributed by atoms with Crippen molar-refractivity contribution in [1.29, 1.82) is 0 Å². The van der Waals surface area contributed by atoms with Gasteiger partial charge in [0, 0.05) is 17.5 Å². The molecule has 3 heterocycles. The molecule has 2 aromatic heterocycles. The van der Waals surface area contributed by atoms with Crippen LogP contribution in [0.1, 0.15) is 36.3 Å². The van der Waals surface area contributed by atoms with Gasteiger partial charge in [-0.25, -0.2) is 9.97 Å². The lowest BCUT2D eigenvalue weighted by Gasteiger charge is -2.32. The molecular weight excluding hydrogens is 348 g/mol. The van der Waals surface area contributed by atoms with E-state index in [1.165, 1.54) is 4.68 Å². The number of nitrogens with one attached hydrogen (secondary N) is 1. The highest BCUT2D eigenvalue weighted by molar-refractivity contribution is 5.92. The lowest BCUT2D eigenvalue weighted by Crippen LogP contribution is -2.47. The fraction of sp³-hybridized carbons (Fsp3) is 0.500. The van der Waals surface area contributed by atoms with Gasteiger partial charge in [-0.2, -0.15) is 9.78 Å². The van der Waals surface area contributed by atoms with Crippen LogP contribution in [0.3, 0.4) is 0 Å². The summed E-state index contributed by atoms with van der Waals surface area (Å²) in [6.07, 6.45) is 2.33. The second-order valence-electron chi connectivity index (χ2n) is 6.90. The normalized spacial score (nSPS) is 17.7. The van der Waals surface area contributed by atoms with Crippen molar-refractivity contribution < 1.29 is 14.7 Å². The first-order valence-electron chi connectivity index (χ1n) is 8.99. The van der Waals surface area contributed by atoms with Crippen LogP contribution in [0.15, 0.2) is 12.1 Å². The number of carbonyl (C=O) groups excluding carboxylic acids is 1. The fourth-order valence-electron chi connectivity index (χ4n) is 3.37. The molecule has 1 atom stereocenters. The van der Waals surface area contributed by atoms with Crippen LogP contribution >= 0.6 is 0 Å². The minimum Gasteiger partial charge on any atom is -0.480 e. The molecule has 9 nitrogen and oxygen atoms in total. The summed E-state index contributed by atoms with van der Waals surface area (Å²) in [7, 11) is 0. The Bertz CT molecular complexity index is 843. The zero-order chi connectivity index (χ0) is 19.6. The third kappa shape index (κ3) is 4.48. The average molecular weight is 372 g/mol. The van der Waals surface area contributed by atoms with Crippen molar-refractivity contribution in [2.24, 2.45) is 0 Å². The summed E-state index contributed by atoms with van der Waals surface area (Å²) in [6, 6.07) is 2.99. The lowest BCUT2D eigenvalue weighted by molar-refractivity contribution is -0.145. The number of nitrogens with zero attached hydrogens (tertiary/aromatic N) is 5. The predicted octanol–water partition coefficient (Wildman–Crippen LogP) is 1.47. The van der Waals surface area contributed by atoms with Crippen LogP contribution in [0.5, 0.6) is 0 Å². The summed E-state index contributed by atoms with van der Waals surface area (Å²) >= 11 is 0. The number of aromatic nitrogens is 4. The van der Waals surface area contributed by atoms with Crippen molar-refractivity contribution >= 4 is 17.7 Å². The largest absolute Gasteiger partial charge is 0.480 e. The molecule has 1 aliphatic heterocycles. The molecular formula is C18H24N6O3. The highest BCUT2D eigenvalue weighted by Crippen LogP contribution is 2.18. The fourth-order valence-corrected chi connectivity index (χ4v) is 3.37. The van der Waals surface area contributed by atoms with Gasteiger partial charge >= 0.3 is 5.97 Å². The van der Waals surface area contributed by atoms with E-state index in [0.29, 0.717) is 24.7 Å². The number of aryl methyl sites for hydroxylation is 3. The van der Waals surface area contributed by atoms with Crippen molar-refractivity contribution in [2.75, 3.05) is 18.4 Å². The molecule has 1 unspecified atom stereocenters. The van der Waals surface area contributed by atoms with Gasteiger partial charge in [-0.15, -0.1) is 0 Å². The van der Waals surface area contributed by atoms with E-state index >= 15 is 0 Å². The monoisotopic (exact) mass is 372 g/mol. The third-order valence-electron chi connectivity index (χ3n) is 4.50. The van der Waals surface area contributed by atoms with Crippen molar-refractivity contribution in [3.05, 3.63) is 29.2 Å². The first kappa shape index (κ1) is 19.0. The Morgan fingerprint density at radius 3 is 2.52 bits per heavy atom. The summed E-state index contributed by atoms with van der Waals surface area (Å²) in [4.78, 5) is 34.4. The Labute approximate surface area is 157 Å². The Morgan fingerprint density at radius 1 is 1.15 bits per heavy atom. The van der Waals surface area contributed by atoms with E-state index in [0.717, 1.165) is 29.9 Å². The lowest BCUT2D eigenvalue weighted by atomic mass is 10.0. The molecule has 0 aliphatic carbocycles. The molecule has 0 aromatic carbocycles. The summed E-state index contributed by atoms with van der Waals surface area (Å²) in [5.74, 6) is -0.315. The molecule has 1 aliphatic rings. The second-order valence-corrected chi connectivity index (χ2v) is 6.90. The maximum absolute atomic E-state index is 12.5. The third-order valence-corrected chi connectivity index (χ3v) is 4.50.